The van der Waals surface area contributed by atoms with Gasteiger partial charge < -0.3 is 11.1 Å². The van der Waals surface area contributed by atoms with Crippen molar-refractivity contribution in [3.8, 4) is 0 Å². The van der Waals surface area contributed by atoms with Crippen molar-refractivity contribution in [2.45, 2.75) is 52.4 Å². The van der Waals surface area contributed by atoms with Crippen molar-refractivity contribution >= 4 is 5.91 Å². The molecular formula is C13H26N2O. The van der Waals surface area contributed by atoms with E-state index in [4.69, 9.17) is 5.73 Å². The summed E-state index contributed by atoms with van der Waals surface area (Å²) in [5.41, 5.74) is 5.54. The minimum absolute atomic E-state index is 0.0266. The number of primary amides is 1. The van der Waals surface area contributed by atoms with Crippen molar-refractivity contribution in [1.29, 1.82) is 0 Å². The number of nitrogens with two attached hydrogens (primary N) is 1. The van der Waals surface area contributed by atoms with E-state index in [0.29, 0.717) is 0 Å². The van der Waals surface area contributed by atoms with Crippen molar-refractivity contribution in [3.05, 3.63) is 0 Å². The van der Waals surface area contributed by atoms with Gasteiger partial charge in [0.25, 0.3) is 0 Å². The van der Waals surface area contributed by atoms with Crippen LogP contribution in [-0.2, 0) is 4.79 Å². The van der Waals surface area contributed by atoms with Gasteiger partial charge in [0, 0.05) is 13.1 Å². The molecule has 0 radical (unpaired) electrons. The smallest absolute Gasteiger partial charge is 0.222 e. The van der Waals surface area contributed by atoms with Crippen LogP contribution in [0.5, 0.6) is 0 Å². The fraction of sp³-hybridized carbons (Fsp3) is 0.923. The van der Waals surface area contributed by atoms with Crippen molar-refractivity contribution < 1.29 is 4.79 Å². The third-order valence-corrected chi connectivity index (χ3v) is 3.91. The van der Waals surface area contributed by atoms with E-state index in [-0.39, 0.29) is 17.2 Å². The molecule has 1 fully saturated rings. The van der Waals surface area contributed by atoms with Crippen molar-refractivity contribution in [2.75, 3.05) is 13.1 Å². The van der Waals surface area contributed by atoms with E-state index in [1.54, 1.807) is 0 Å². The van der Waals surface area contributed by atoms with Crippen LogP contribution in [0.25, 0.3) is 0 Å². The van der Waals surface area contributed by atoms with Crippen molar-refractivity contribution in [3.63, 3.8) is 0 Å². The number of rotatable bonds is 7. The Kier molecular flexibility index (Phi) is 5.26. The first-order valence-electron chi connectivity index (χ1n) is 6.60. The topological polar surface area (TPSA) is 55.1 Å². The summed E-state index contributed by atoms with van der Waals surface area (Å²) in [5.74, 6) is -0.111. The minimum Gasteiger partial charge on any atom is -0.369 e. The second kappa shape index (κ2) is 6.24. The second-order valence-corrected chi connectivity index (χ2v) is 5.40. The summed E-state index contributed by atoms with van der Waals surface area (Å²) < 4.78 is 0. The zero-order valence-electron chi connectivity index (χ0n) is 10.7. The molecular weight excluding hydrogens is 200 g/mol. The van der Waals surface area contributed by atoms with Crippen molar-refractivity contribution in [1.82, 2.24) is 5.32 Å². The average molecular weight is 226 g/mol. The molecule has 94 valence electrons. The lowest BCUT2D eigenvalue weighted by Gasteiger charge is -2.28. The maximum absolute atomic E-state index is 11.3. The highest BCUT2D eigenvalue weighted by Gasteiger charge is 2.41. The Morgan fingerprint density at radius 3 is 2.69 bits per heavy atom. The Morgan fingerprint density at radius 2 is 2.06 bits per heavy atom. The van der Waals surface area contributed by atoms with E-state index in [1.165, 1.54) is 32.1 Å². The number of hydrogen-bond donors (Lipinski definition) is 2. The monoisotopic (exact) mass is 226 g/mol. The largest absolute Gasteiger partial charge is 0.369 e. The van der Waals surface area contributed by atoms with Crippen LogP contribution in [0.1, 0.15) is 52.4 Å². The van der Waals surface area contributed by atoms with Crippen molar-refractivity contribution in [2.24, 2.45) is 17.1 Å². The second-order valence-electron chi connectivity index (χ2n) is 5.40. The SMILES string of the molecule is CCCCCCCC1(C)CNCC1C(N)=O. The Morgan fingerprint density at radius 1 is 1.38 bits per heavy atom. The Bertz CT molecular complexity index is 230. The van der Waals surface area contributed by atoms with Gasteiger partial charge in [-0.15, -0.1) is 0 Å². The molecule has 0 saturated carbocycles. The molecule has 3 N–H and O–H groups in total. The van der Waals surface area contributed by atoms with E-state index in [0.717, 1.165) is 19.5 Å². The molecule has 0 aromatic carbocycles. The first-order chi connectivity index (χ1) is 7.60. The maximum Gasteiger partial charge on any atom is 0.222 e. The number of amides is 1. The summed E-state index contributed by atoms with van der Waals surface area (Å²) in [7, 11) is 0. The third-order valence-electron chi connectivity index (χ3n) is 3.91. The first-order valence-corrected chi connectivity index (χ1v) is 6.60. The van der Waals surface area contributed by atoms with E-state index >= 15 is 0 Å². The van der Waals surface area contributed by atoms with Crippen LogP contribution in [0.3, 0.4) is 0 Å². The van der Waals surface area contributed by atoms with Crippen LogP contribution < -0.4 is 11.1 Å². The quantitative estimate of drug-likeness (QED) is 0.653. The third kappa shape index (κ3) is 3.48. The molecule has 1 aliphatic heterocycles. The van der Waals surface area contributed by atoms with Gasteiger partial charge in [-0.25, -0.2) is 0 Å². The van der Waals surface area contributed by atoms with E-state index in [2.05, 4.69) is 19.2 Å². The molecule has 3 heteroatoms. The number of nitrogens with one attached hydrogen (secondary N) is 1. The molecule has 0 aromatic heterocycles. The van der Waals surface area contributed by atoms with Gasteiger partial charge in [-0.2, -0.15) is 0 Å². The molecule has 0 bridgehead atoms. The summed E-state index contributed by atoms with van der Waals surface area (Å²) in [5, 5.41) is 3.30. The molecule has 1 amide bonds. The van der Waals surface area contributed by atoms with E-state index < -0.39 is 0 Å². The zero-order chi connectivity index (χ0) is 12.0. The van der Waals surface area contributed by atoms with Crippen LogP contribution >= 0.6 is 0 Å². The molecule has 1 aliphatic rings. The summed E-state index contributed by atoms with van der Waals surface area (Å²) in [6.45, 7) is 6.13. The minimum atomic E-state index is -0.138. The Hall–Kier alpha value is -0.570. The van der Waals surface area contributed by atoms with E-state index in [9.17, 15) is 4.79 Å². The average Bonchev–Trinajstić information content (AvgIpc) is 2.60. The number of carbonyl (C=O) groups excluding carboxylic acids is 1. The van der Waals surface area contributed by atoms with Crippen LogP contribution in [-0.4, -0.2) is 19.0 Å². The molecule has 2 unspecified atom stereocenters. The fourth-order valence-electron chi connectivity index (χ4n) is 2.71. The Labute approximate surface area is 99.2 Å². The van der Waals surface area contributed by atoms with Gasteiger partial charge in [0.05, 0.1) is 5.92 Å². The maximum atomic E-state index is 11.3. The predicted octanol–water partition coefficient (Wildman–Crippen LogP) is 2.06. The van der Waals surface area contributed by atoms with Gasteiger partial charge >= 0.3 is 0 Å². The summed E-state index contributed by atoms with van der Waals surface area (Å²) >= 11 is 0. The lowest BCUT2D eigenvalue weighted by atomic mass is 9.75. The zero-order valence-corrected chi connectivity index (χ0v) is 10.7. The summed E-state index contributed by atoms with van der Waals surface area (Å²) in [6.07, 6.45) is 7.56. The molecule has 0 spiro atoms. The van der Waals surface area contributed by atoms with Gasteiger partial charge in [-0.3, -0.25) is 4.79 Å². The molecule has 3 nitrogen and oxygen atoms in total. The van der Waals surface area contributed by atoms with E-state index in [1.807, 2.05) is 0 Å². The Balaban J connectivity index is 2.30. The molecule has 0 aliphatic carbocycles. The van der Waals surface area contributed by atoms with Gasteiger partial charge in [0.2, 0.25) is 5.91 Å². The lowest BCUT2D eigenvalue weighted by molar-refractivity contribution is -0.124. The number of unbranched alkanes of at least 4 members (excludes halogenated alkanes) is 4. The van der Waals surface area contributed by atoms with Crippen LogP contribution in [0.15, 0.2) is 0 Å². The molecule has 1 heterocycles. The fourth-order valence-corrected chi connectivity index (χ4v) is 2.71. The molecule has 0 aromatic rings. The number of carbonyl (C=O) groups is 1. The van der Waals surface area contributed by atoms with Crippen LogP contribution in [0.2, 0.25) is 0 Å². The van der Waals surface area contributed by atoms with Crippen LogP contribution in [0, 0.1) is 11.3 Å². The van der Waals surface area contributed by atoms with Gasteiger partial charge in [-0.05, 0) is 11.8 Å². The molecule has 2 atom stereocenters. The summed E-state index contributed by atoms with van der Waals surface area (Å²) in [6, 6.07) is 0. The highest BCUT2D eigenvalue weighted by Crippen LogP contribution is 2.36. The number of hydrogen-bond acceptors (Lipinski definition) is 2. The molecule has 1 rings (SSSR count). The normalized spacial score (nSPS) is 29.5. The highest BCUT2D eigenvalue weighted by atomic mass is 16.1. The highest BCUT2D eigenvalue weighted by molar-refractivity contribution is 5.78. The standard InChI is InChI=1S/C13H26N2O/c1-3-4-5-6-7-8-13(2)10-15-9-11(13)12(14)16/h11,15H,3-10H2,1-2H3,(H2,14,16). The predicted molar refractivity (Wildman–Crippen MR) is 67.0 cm³/mol. The van der Waals surface area contributed by atoms with Gasteiger partial charge in [0.15, 0.2) is 0 Å². The molecule has 1 saturated heterocycles. The lowest BCUT2D eigenvalue weighted by Crippen LogP contribution is -2.36. The summed E-state index contributed by atoms with van der Waals surface area (Å²) in [4.78, 5) is 11.3. The van der Waals surface area contributed by atoms with Crippen LogP contribution in [0.4, 0.5) is 0 Å². The first kappa shape index (κ1) is 13.5. The molecule has 16 heavy (non-hydrogen) atoms. The van der Waals surface area contributed by atoms with Gasteiger partial charge in [0.1, 0.15) is 0 Å². The van der Waals surface area contributed by atoms with Gasteiger partial charge in [-0.1, -0.05) is 46.0 Å².